The molecule has 0 amide bonds. The van der Waals surface area contributed by atoms with Gasteiger partial charge in [0.05, 0.1) is 11.3 Å². The molecule has 0 fully saturated rings. The fourth-order valence-corrected chi connectivity index (χ4v) is 2.62. The van der Waals surface area contributed by atoms with Crippen LogP contribution < -0.4 is 0 Å². The van der Waals surface area contributed by atoms with Gasteiger partial charge in [0.1, 0.15) is 11.5 Å². The predicted molar refractivity (Wildman–Crippen MR) is 85.4 cm³/mol. The smallest absolute Gasteiger partial charge is 0.165 e. The van der Waals surface area contributed by atoms with Crippen LogP contribution in [0.15, 0.2) is 42.7 Å². The van der Waals surface area contributed by atoms with Crippen molar-refractivity contribution in [3.05, 3.63) is 59.8 Å². The maximum absolute atomic E-state index is 13.2. The fraction of sp³-hybridized carbons (Fsp3) is 0.118. The van der Waals surface area contributed by atoms with Crippen molar-refractivity contribution < 1.29 is 4.39 Å². The number of H-pyrrole nitrogens is 1. The van der Waals surface area contributed by atoms with E-state index < -0.39 is 0 Å². The van der Waals surface area contributed by atoms with Crippen molar-refractivity contribution >= 4 is 5.65 Å². The van der Waals surface area contributed by atoms with Crippen LogP contribution in [0.4, 0.5) is 4.39 Å². The van der Waals surface area contributed by atoms with Crippen molar-refractivity contribution in [3.8, 4) is 22.5 Å². The van der Waals surface area contributed by atoms with Gasteiger partial charge in [0.2, 0.25) is 0 Å². The molecule has 0 unspecified atom stereocenters. The van der Waals surface area contributed by atoms with Crippen LogP contribution >= 0.6 is 0 Å². The van der Waals surface area contributed by atoms with Crippen molar-refractivity contribution in [1.82, 2.24) is 24.8 Å². The Balaban J connectivity index is 2.04. The Morgan fingerprint density at radius 2 is 1.91 bits per heavy atom. The molecule has 0 saturated carbocycles. The molecule has 0 spiro atoms. The van der Waals surface area contributed by atoms with Gasteiger partial charge >= 0.3 is 0 Å². The van der Waals surface area contributed by atoms with Crippen molar-refractivity contribution in [2.75, 3.05) is 0 Å². The molecule has 0 bridgehead atoms. The van der Waals surface area contributed by atoms with Gasteiger partial charge in [0.25, 0.3) is 0 Å². The molecule has 1 aromatic carbocycles. The van der Waals surface area contributed by atoms with E-state index in [1.165, 1.54) is 12.1 Å². The summed E-state index contributed by atoms with van der Waals surface area (Å²) < 4.78 is 15.0. The van der Waals surface area contributed by atoms with Gasteiger partial charge in [-0.25, -0.2) is 13.9 Å². The molecule has 0 atom stereocenters. The van der Waals surface area contributed by atoms with Crippen LogP contribution in [0.25, 0.3) is 28.2 Å². The zero-order valence-corrected chi connectivity index (χ0v) is 12.7. The number of aromatic amines is 1. The van der Waals surface area contributed by atoms with Crippen molar-refractivity contribution in [2.45, 2.75) is 13.8 Å². The number of benzene rings is 1. The number of nitrogens with zero attached hydrogens (tertiary/aromatic N) is 4. The van der Waals surface area contributed by atoms with Gasteiger partial charge in [0.15, 0.2) is 5.65 Å². The average Bonchev–Trinajstić information content (AvgIpc) is 3.10. The maximum Gasteiger partial charge on any atom is 0.165 e. The topological polar surface area (TPSA) is 58.9 Å². The molecule has 0 saturated heterocycles. The summed E-state index contributed by atoms with van der Waals surface area (Å²) in [6.07, 6.45) is 3.72. The quantitative estimate of drug-likeness (QED) is 0.616. The molecular weight excluding hydrogens is 293 g/mol. The molecule has 5 nitrogen and oxygen atoms in total. The first-order chi connectivity index (χ1) is 11.1. The minimum atomic E-state index is -0.274. The standard InChI is InChI=1S/C17H14FN5/c1-10-8-19-17-15(14-7-11(2)20-21-14)16(22-23(17)9-10)12-3-5-13(18)6-4-12/h3-9H,1-2H3,(H,20,21). The highest BCUT2D eigenvalue weighted by Crippen LogP contribution is 2.33. The van der Waals surface area contributed by atoms with Crippen LogP contribution in [0.3, 0.4) is 0 Å². The van der Waals surface area contributed by atoms with Crippen LogP contribution in [0, 0.1) is 19.7 Å². The summed E-state index contributed by atoms with van der Waals surface area (Å²) >= 11 is 0. The van der Waals surface area contributed by atoms with E-state index in [1.807, 2.05) is 26.1 Å². The van der Waals surface area contributed by atoms with E-state index in [1.54, 1.807) is 22.8 Å². The second-order valence-corrected chi connectivity index (χ2v) is 5.57. The van der Waals surface area contributed by atoms with E-state index in [2.05, 4.69) is 20.3 Å². The maximum atomic E-state index is 13.2. The Bertz CT molecular complexity index is 998. The molecule has 0 aliphatic carbocycles. The number of hydrogen-bond donors (Lipinski definition) is 1. The molecule has 3 heterocycles. The average molecular weight is 307 g/mol. The summed E-state index contributed by atoms with van der Waals surface area (Å²) in [4.78, 5) is 4.50. The largest absolute Gasteiger partial charge is 0.282 e. The normalized spacial score (nSPS) is 11.3. The third-order valence-corrected chi connectivity index (χ3v) is 3.68. The summed E-state index contributed by atoms with van der Waals surface area (Å²) in [6, 6.07) is 8.24. The summed E-state index contributed by atoms with van der Waals surface area (Å²) in [5, 5.41) is 11.9. The Hall–Kier alpha value is -3.02. The lowest BCUT2D eigenvalue weighted by molar-refractivity contribution is 0.628. The first kappa shape index (κ1) is 13.6. The van der Waals surface area contributed by atoms with Gasteiger partial charge in [-0.05, 0) is 49.7 Å². The Labute approximate surface area is 131 Å². The highest BCUT2D eigenvalue weighted by atomic mass is 19.1. The molecule has 3 aromatic heterocycles. The minimum Gasteiger partial charge on any atom is -0.282 e. The monoisotopic (exact) mass is 307 g/mol. The van der Waals surface area contributed by atoms with Crippen molar-refractivity contribution in [3.63, 3.8) is 0 Å². The van der Waals surface area contributed by atoms with Gasteiger partial charge in [0, 0.05) is 23.7 Å². The van der Waals surface area contributed by atoms with Gasteiger partial charge < -0.3 is 0 Å². The zero-order chi connectivity index (χ0) is 16.0. The second kappa shape index (κ2) is 5.01. The predicted octanol–water partition coefficient (Wildman–Crippen LogP) is 3.54. The van der Waals surface area contributed by atoms with Gasteiger partial charge in [-0.15, -0.1) is 0 Å². The molecule has 114 valence electrons. The number of aromatic nitrogens is 5. The molecule has 0 radical (unpaired) electrons. The van der Waals surface area contributed by atoms with E-state index >= 15 is 0 Å². The summed E-state index contributed by atoms with van der Waals surface area (Å²) in [5.41, 5.74) is 5.85. The van der Waals surface area contributed by atoms with E-state index in [-0.39, 0.29) is 5.82 Å². The number of aryl methyl sites for hydroxylation is 2. The van der Waals surface area contributed by atoms with Crippen molar-refractivity contribution in [1.29, 1.82) is 0 Å². The fourth-order valence-electron chi connectivity index (χ4n) is 2.62. The third kappa shape index (κ3) is 2.28. The van der Waals surface area contributed by atoms with Crippen molar-refractivity contribution in [2.24, 2.45) is 0 Å². The number of fused-ring (bicyclic) bond motifs is 1. The summed E-state index contributed by atoms with van der Waals surface area (Å²) in [7, 11) is 0. The lowest BCUT2D eigenvalue weighted by atomic mass is 10.1. The van der Waals surface area contributed by atoms with E-state index in [9.17, 15) is 4.39 Å². The highest BCUT2D eigenvalue weighted by molar-refractivity contribution is 5.88. The molecule has 6 heteroatoms. The Morgan fingerprint density at radius 3 is 2.61 bits per heavy atom. The van der Waals surface area contributed by atoms with Gasteiger partial charge in [-0.1, -0.05) is 0 Å². The first-order valence-electron chi connectivity index (χ1n) is 7.25. The molecule has 0 aliphatic heterocycles. The van der Waals surface area contributed by atoms with E-state index in [4.69, 9.17) is 0 Å². The third-order valence-electron chi connectivity index (χ3n) is 3.68. The number of rotatable bonds is 2. The lowest BCUT2D eigenvalue weighted by Gasteiger charge is -2.00. The van der Waals surface area contributed by atoms with Crippen LogP contribution in [0.5, 0.6) is 0 Å². The lowest BCUT2D eigenvalue weighted by Crippen LogP contribution is -1.91. The molecule has 23 heavy (non-hydrogen) atoms. The number of hydrogen-bond acceptors (Lipinski definition) is 3. The zero-order valence-electron chi connectivity index (χ0n) is 12.7. The summed E-state index contributed by atoms with van der Waals surface area (Å²) in [5.74, 6) is -0.274. The van der Waals surface area contributed by atoms with Crippen LogP contribution in [0.2, 0.25) is 0 Å². The first-order valence-corrected chi connectivity index (χ1v) is 7.25. The van der Waals surface area contributed by atoms with Crippen LogP contribution in [-0.2, 0) is 0 Å². The van der Waals surface area contributed by atoms with Crippen LogP contribution in [-0.4, -0.2) is 24.8 Å². The van der Waals surface area contributed by atoms with E-state index in [0.717, 1.165) is 39.4 Å². The molecule has 4 aromatic rings. The second-order valence-electron chi connectivity index (χ2n) is 5.57. The molecule has 4 rings (SSSR count). The Morgan fingerprint density at radius 1 is 1.13 bits per heavy atom. The SMILES string of the molecule is Cc1cnc2c(-c3cc(C)[nH]n3)c(-c3ccc(F)cc3)nn2c1. The number of nitrogens with one attached hydrogen (secondary N) is 1. The summed E-state index contributed by atoms with van der Waals surface area (Å²) in [6.45, 7) is 3.90. The van der Waals surface area contributed by atoms with Gasteiger partial charge in [-0.3, -0.25) is 5.10 Å². The Kier molecular flexibility index (Phi) is 2.97. The highest BCUT2D eigenvalue weighted by Gasteiger charge is 2.19. The van der Waals surface area contributed by atoms with E-state index in [0.29, 0.717) is 0 Å². The van der Waals surface area contributed by atoms with Gasteiger partial charge in [-0.2, -0.15) is 10.2 Å². The minimum absolute atomic E-state index is 0.274. The molecule has 0 aliphatic rings. The van der Waals surface area contributed by atoms with Crippen LogP contribution in [0.1, 0.15) is 11.3 Å². The molecular formula is C17H14FN5. The number of halogens is 1. The molecule has 1 N–H and O–H groups in total.